The standard InChI is InChI=1S/C10H9ClN2O3/c11-8-2-1-6(3-9(8)13(15)16)7-4-10(14)12-5-7/h1-3,7H,4-5H2,(H,12,14)/t7-/m0/s1. The largest absolute Gasteiger partial charge is 0.355 e. The number of nitro groups is 1. The number of amides is 1. The van der Waals surface area contributed by atoms with Gasteiger partial charge in [-0.05, 0) is 11.6 Å². The monoisotopic (exact) mass is 240 g/mol. The van der Waals surface area contributed by atoms with Crippen LogP contribution in [-0.2, 0) is 4.79 Å². The molecule has 1 aliphatic rings. The number of hydrogen-bond acceptors (Lipinski definition) is 3. The molecule has 84 valence electrons. The Labute approximate surface area is 96.6 Å². The summed E-state index contributed by atoms with van der Waals surface area (Å²) in [6, 6.07) is 4.66. The molecule has 1 heterocycles. The van der Waals surface area contributed by atoms with Crippen molar-refractivity contribution >= 4 is 23.2 Å². The average Bonchev–Trinajstić information content (AvgIpc) is 2.65. The average molecular weight is 241 g/mol. The predicted octanol–water partition coefficient (Wildman–Crippen LogP) is 1.85. The molecule has 1 atom stereocenters. The predicted molar refractivity (Wildman–Crippen MR) is 58.5 cm³/mol. The highest BCUT2D eigenvalue weighted by molar-refractivity contribution is 6.32. The van der Waals surface area contributed by atoms with Crippen molar-refractivity contribution in [2.75, 3.05) is 6.54 Å². The third-order valence-corrected chi connectivity index (χ3v) is 2.94. The molecule has 1 amide bonds. The fraction of sp³-hybridized carbons (Fsp3) is 0.300. The van der Waals surface area contributed by atoms with Gasteiger partial charge < -0.3 is 5.32 Å². The van der Waals surface area contributed by atoms with Gasteiger partial charge in [-0.15, -0.1) is 0 Å². The zero-order valence-corrected chi connectivity index (χ0v) is 9.03. The molecular formula is C10H9ClN2O3. The van der Waals surface area contributed by atoms with Crippen LogP contribution in [0.2, 0.25) is 5.02 Å². The SMILES string of the molecule is O=C1C[C@H](c2ccc(Cl)c([N+](=O)[O-])c2)CN1. The number of rotatable bonds is 2. The molecule has 5 nitrogen and oxygen atoms in total. The summed E-state index contributed by atoms with van der Waals surface area (Å²) in [5.74, 6) is -0.0222. The van der Waals surface area contributed by atoms with Crippen LogP contribution in [0.25, 0.3) is 0 Å². The van der Waals surface area contributed by atoms with Gasteiger partial charge in [0.2, 0.25) is 5.91 Å². The molecule has 1 N–H and O–H groups in total. The fourth-order valence-electron chi connectivity index (χ4n) is 1.76. The maximum absolute atomic E-state index is 11.0. The van der Waals surface area contributed by atoms with Crippen LogP contribution in [0, 0.1) is 10.1 Å². The molecule has 1 aliphatic heterocycles. The molecule has 0 saturated carbocycles. The summed E-state index contributed by atoms with van der Waals surface area (Å²) in [4.78, 5) is 21.2. The molecule has 16 heavy (non-hydrogen) atoms. The first-order valence-electron chi connectivity index (χ1n) is 4.78. The Morgan fingerprint density at radius 1 is 1.50 bits per heavy atom. The fourth-order valence-corrected chi connectivity index (χ4v) is 1.95. The van der Waals surface area contributed by atoms with Crippen LogP contribution in [0.5, 0.6) is 0 Å². The van der Waals surface area contributed by atoms with Crippen molar-refractivity contribution in [3.05, 3.63) is 38.9 Å². The second-order valence-electron chi connectivity index (χ2n) is 3.67. The van der Waals surface area contributed by atoms with E-state index in [1.54, 1.807) is 6.07 Å². The van der Waals surface area contributed by atoms with Crippen LogP contribution in [0.15, 0.2) is 18.2 Å². The molecule has 1 aromatic carbocycles. The summed E-state index contributed by atoms with van der Waals surface area (Å²) >= 11 is 5.70. The summed E-state index contributed by atoms with van der Waals surface area (Å²) in [5, 5.41) is 13.5. The Kier molecular flexibility index (Phi) is 2.78. The van der Waals surface area contributed by atoms with Crippen molar-refractivity contribution in [1.82, 2.24) is 5.32 Å². The highest BCUT2D eigenvalue weighted by atomic mass is 35.5. The van der Waals surface area contributed by atoms with E-state index >= 15 is 0 Å². The van der Waals surface area contributed by atoms with Gasteiger partial charge in [0.1, 0.15) is 5.02 Å². The number of benzene rings is 1. The van der Waals surface area contributed by atoms with E-state index in [1.165, 1.54) is 12.1 Å². The second-order valence-corrected chi connectivity index (χ2v) is 4.08. The van der Waals surface area contributed by atoms with Crippen molar-refractivity contribution in [3.63, 3.8) is 0 Å². The number of carbonyl (C=O) groups excluding carboxylic acids is 1. The van der Waals surface area contributed by atoms with Gasteiger partial charge in [0.25, 0.3) is 5.69 Å². The minimum atomic E-state index is -0.518. The quantitative estimate of drug-likeness (QED) is 0.633. The molecular weight excluding hydrogens is 232 g/mol. The number of carbonyl (C=O) groups is 1. The lowest BCUT2D eigenvalue weighted by molar-refractivity contribution is -0.384. The van der Waals surface area contributed by atoms with E-state index in [2.05, 4.69) is 5.32 Å². The molecule has 0 aliphatic carbocycles. The molecule has 1 saturated heterocycles. The first-order chi connectivity index (χ1) is 7.58. The van der Waals surface area contributed by atoms with E-state index in [0.29, 0.717) is 13.0 Å². The van der Waals surface area contributed by atoms with E-state index in [9.17, 15) is 14.9 Å². The zero-order valence-electron chi connectivity index (χ0n) is 8.27. The molecule has 0 unspecified atom stereocenters. The van der Waals surface area contributed by atoms with Crippen molar-refractivity contribution in [2.45, 2.75) is 12.3 Å². The van der Waals surface area contributed by atoms with Gasteiger partial charge in [-0.3, -0.25) is 14.9 Å². The Hall–Kier alpha value is -1.62. The zero-order chi connectivity index (χ0) is 11.7. The molecule has 1 aromatic rings. The van der Waals surface area contributed by atoms with Crippen molar-refractivity contribution in [3.8, 4) is 0 Å². The highest BCUT2D eigenvalue weighted by Crippen LogP contribution is 2.30. The van der Waals surface area contributed by atoms with E-state index in [4.69, 9.17) is 11.6 Å². The van der Waals surface area contributed by atoms with Crippen LogP contribution in [-0.4, -0.2) is 17.4 Å². The van der Waals surface area contributed by atoms with Gasteiger partial charge in [0, 0.05) is 24.9 Å². The lowest BCUT2D eigenvalue weighted by Crippen LogP contribution is -2.13. The van der Waals surface area contributed by atoms with Gasteiger partial charge in [0.05, 0.1) is 4.92 Å². The summed E-state index contributed by atoms with van der Waals surface area (Å²) in [6.07, 6.45) is 0.374. The summed E-state index contributed by atoms with van der Waals surface area (Å²) < 4.78 is 0. The molecule has 0 aromatic heterocycles. The Morgan fingerprint density at radius 2 is 2.25 bits per heavy atom. The number of hydrogen-bond donors (Lipinski definition) is 1. The van der Waals surface area contributed by atoms with Gasteiger partial charge in [-0.2, -0.15) is 0 Å². The number of nitrogens with one attached hydrogen (secondary N) is 1. The topological polar surface area (TPSA) is 72.2 Å². The molecule has 0 spiro atoms. The Balaban J connectivity index is 2.32. The van der Waals surface area contributed by atoms with Gasteiger partial charge >= 0.3 is 0 Å². The molecule has 0 bridgehead atoms. The van der Waals surface area contributed by atoms with Crippen molar-refractivity contribution in [2.24, 2.45) is 0 Å². The summed E-state index contributed by atoms with van der Waals surface area (Å²) in [5.41, 5.74) is 0.660. The highest BCUT2D eigenvalue weighted by Gasteiger charge is 2.25. The van der Waals surface area contributed by atoms with Crippen LogP contribution in [0.3, 0.4) is 0 Å². The minimum Gasteiger partial charge on any atom is -0.355 e. The van der Waals surface area contributed by atoms with Crippen molar-refractivity contribution in [1.29, 1.82) is 0 Å². The Morgan fingerprint density at radius 3 is 2.81 bits per heavy atom. The smallest absolute Gasteiger partial charge is 0.288 e. The molecule has 0 radical (unpaired) electrons. The van der Waals surface area contributed by atoms with E-state index in [-0.39, 0.29) is 22.5 Å². The number of halogens is 1. The van der Waals surface area contributed by atoms with E-state index < -0.39 is 4.92 Å². The second kappa shape index (κ2) is 4.09. The number of nitro benzene ring substituents is 1. The summed E-state index contributed by atoms with van der Waals surface area (Å²) in [7, 11) is 0. The summed E-state index contributed by atoms with van der Waals surface area (Å²) in [6.45, 7) is 0.525. The first kappa shape index (κ1) is 10.9. The van der Waals surface area contributed by atoms with E-state index in [0.717, 1.165) is 5.56 Å². The maximum Gasteiger partial charge on any atom is 0.288 e. The lowest BCUT2D eigenvalue weighted by Gasteiger charge is -2.07. The van der Waals surface area contributed by atoms with Crippen LogP contribution < -0.4 is 5.32 Å². The molecule has 2 rings (SSSR count). The van der Waals surface area contributed by atoms with Gasteiger partial charge in [0.15, 0.2) is 0 Å². The molecule has 6 heteroatoms. The van der Waals surface area contributed by atoms with Gasteiger partial charge in [-0.25, -0.2) is 0 Å². The number of nitrogens with zero attached hydrogens (tertiary/aromatic N) is 1. The third-order valence-electron chi connectivity index (χ3n) is 2.62. The van der Waals surface area contributed by atoms with E-state index in [1.807, 2.05) is 0 Å². The normalized spacial score (nSPS) is 19.6. The van der Waals surface area contributed by atoms with Crippen LogP contribution in [0.4, 0.5) is 5.69 Å². The Bertz CT molecular complexity index is 461. The van der Waals surface area contributed by atoms with Crippen molar-refractivity contribution < 1.29 is 9.72 Å². The minimum absolute atomic E-state index is 0.00321. The maximum atomic E-state index is 11.0. The lowest BCUT2D eigenvalue weighted by atomic mass is 9.98. The van der Waals surface area contributed by atoms with Crippen LogP contribution >= 0.6 is 11.6 Å². The molecule has 1 fully saturated rings. The van der Waals surface area contributed by atoms with Crippen LogP contribution in [0.1, 0.15) is 17.9 Å². The first-order valence-corrected chi connectivity index (χ1v) is 5.16. The third kappa shape index (κ3) is 1.99. The van der Waals surface area contributed by atoms with Gasteiger partial charge in [-0.1, -0.05) is 17.7 Å².